The highest BCUT2D eigenvalue weighted by Crippen LogP contribution is 2.30. The van der Waals surface area contributed by atoms with E-state index in [-0.39, 0.29) is 5.78 Å². The van der Waals surface area contributed by atoms with Crippen molar-refractivity contribution < 1.29 is 4.79 Å². The van der Waals surface area contributed by atoms with Crippen molar-refractivity contribution in [2.24, 2.45) is 0 Å². The number of thiophene rings is 1. The second-order valence-corrected chi connectivity index (χ2v) is 9.37. The molecule has 1 saturated heterocycles. The Labute approximate surface area is 190 Å². The first-order valence-corrected chi connectivity index (χ1v) is 11.5. The number of ketones is 1. The van der Waals surface area contributed by atoms with Crippen LogP contribution in [0.5, 0.6) is 0 Å². The summed E-state index contributed by atoms with van der Waals surface area (Å²) in [5.74, 6) is -0.0479. The van der Waals surface area contributed by atoms with Gasteiger partial charge in [0, 0.05) is 53.5 Å². The molecule has 3 aromatic rings. The van der Waals surface area contributed by atoms with Crippen LogP contribution in [-0.4, -0.2) is 36.4 Å². The summed E-state index contributed by atoms with van der Waals surface area (Å²) >= 11 is 13.4. The van der Waals surface area contributed by atoms with Gasteiger partial charge in [-0.05, 0) is 66.4 Å². The third-order valence-electron chi connectivity index (χ3n) is 5.49. The third-order valence-corrected chi connectivity index (χ3v) is 6.86. The number of hydrogen-bond donors (Lipinski definition) is 1. The van der Waals surface area contributed by atoms with Crippen LogP contribution in [0.15, 0.2) is 53.9 Å². The summed E-state index contributed by atoms with van der Waals surface area (Å²) in [6.45, 7) is 5.68. The number of nitrogen functional groups attached to an aromatic ring is 1. The molecular weight excluding hydrogens is 437 g/mol. The molecule has 2 N–H and O–H groups in total. The fraction of sp³-hybridized carbons (Fsp3) is 0.261. The van der Waals surface area contributed by atoms with E-state index in [1.807, 2.05) is 17.5 Å². The fourth-order valence-electron chi connectivity index (χ4n) is 3.96. The van der Waals surface area contributed by atoms with E-state index in [0.29, 0.717) is 33.7 Å². The predicted octanol–water partition coefficient (Wildman–Crippen LogP) is 5.58. The van der Waals surface area contributed by atoms with Gasteiger partial charge in [-0.1, -0.05) is 23.2 Å². The molecule has 1 aromatic heterocycles. The smallest absolute Gasteiger partial charge is 0.196 e. The van der Waals surface area contributed by atoms with Crippen molar-refractivity contribution in [2.45, 2.75) is 19.5 Å². The molecular formula is C23H23Cl2N3OS. The molecule has 1 fully saturated rings. The van der Waals surface area contributed by atoms with Crippen LogP contribution in [0, 0.1) is 0 Å². The van der Waals surface area contributed by atoms with Gasteiger partial charge in [0.05, 0.1) is 10.6 Å². The maximum atomic E-state index is 13.1. The zero-order valence-corrected chi connectivity index (χ0v) is 19.0. The molecule has 2 aromatic carbocycles. The standard InChI is InChI=1S/C23H23Cl2N3OS/c1-15-12-27(10-11-28(15)20-8-6-19(25)7-9-20)13-17-14-30-23(26)21(17)22(29)16-2-4-18(24)5-3-16/h2-9,14-15H,10-13,26H2,1H3. The van der Waals surface area contributed by atoms with Crippen LogP contribution in [-0.2, 0) is 6.54 Å². The molecule has 1 aliphatic heterocycles. The van der Waals surface area contributed by atoms with Crippen molar-refractivity contribution in [1.82, 2.24) is 4.90 Å². The minimum Gasteiger partial charge on any atom is -0.390 e. The number of carbonyl (C=O) groups is 1. The van der Waals surface area contributed by atoms with Gasteiger partial charge in [-0.25, -0.2) is 0 Å². The molecule has 7 heteroatoms. The zero-order valence-electron chi connectivity index (χ0n) is 16.6. The Morgan fingerprint density at radius 1 is 1.07 bits per heavy atom. The van der Waals surface area contributed by atoms with Gasteiger partial charge in [0.15, 0.2) is 5.78 Å². The highest BCUT2D eigenvalue weighted by molar-refractivity contribution is 7.14. The van der Waals surface area contributed by atoms with Crippen LogP contribution in [0.25, 0.3) is 0 Å². The van der Waals surface area contributed by atoms with E-state index in [2.05, 4.69) is 28.9 Å². The SMILES string of the molecule is CC1CN(Cc2csc(N)c2C(=O)c2ccc(Cl)cc2)CCN1c1ccc(Cl)cc1. The molecule has 0 saturated carbocycles. The van der Waals surface area contributed by atoms with Crippen molar-refractivity contribution in [3.8, 4) is 0 Å². The van der Waals surface area contributed by atoms with Gasteiger partial charge in [0.25, 0.3) is 0 Å². The van der Waals surface area contributed by atoms with E-state index < -0.39 is 0 Å². The lowest BCUT2D eigenvalue weighted by Crippen LogP contribution is -2.51. The Morgan fingerprint density at radius 2 is 1.70 bits per heavy atom. The Kier molecular flexibility index (Phi) is 6.34. The second kappa shape index (κ2) is 8.98. The number of halogens is 2. The summed E-state index contributed by atoms with van der Waals surface area (Å²) in [6.07, 6.45) is 0. The van der Waals surface area contributed by atoms with Crippen LogP contribution < -0.4 is 10.6 Å². The normalized spacial score (nSPS) is 17.3. The summed E-state index contributed by atoms with van der Waals surface area (Å²) in [6, 6.07) is 15.3. The van der Waals surface area contributed by atoms with E-state index in [1.54, 1.807) is 24.3 Å². The maximum Gasteiger partial charge on any atom is 0.196 e. The number of nitrogens with zero attached hydrogens (tertiary/aromatic N) is 2. The van der Waals surface area contributed by atoms with Crippen LogP contribution in [0.1, 0.15) is 28.4 Å². The highest BCUT2D eigenvalue weighted by Gasteiger charge is 2.26. The summed E-state index contributed by atoms with van der Waals surface area (Å²) < 4.78 is 0. The first-order valence-electron chi connectivity index (χ1n) is 9.83. The van der Waals surface area contributed by atoms with E-state index in [1.165, 1.54) is 17.0 Å². The molecule has 0 spiro atoms. The fourth-order valence-corrected chi connectivity index (χ4v) is 5.02. The van der Waals surface area contributed by atoms with E-state index in [4.69, 9.17) is 28.9 Å². The van der Waals surface area contributed by atoms with Gasteiger partial charge in [0.1, 0.15) is 0 Å². The lowest BCUT2D eigenvalue weighted by atomic mass is 10.0. The molecule has 0 aliphatic carbocycles. The van der Waals surface area contributed by atoms with Gasteiger partial charge in [-0.15, -0.1) is 11.3 Å². The largest absolute Gasteiger partial charge is 0.390 e. The molecule has 0 radical (unpaired) electrons. The van der Waals surface area contributed by atoms with Gasteiger partial charge < -0.3 is 10.6 Å². The molecule has 0 amide bonds. The number of carbonyl (C=O) groups excluding carboxylic acids is 1. The van der Waals surface area contributed by atoms with Gasteiger partial charge >= 0.3 is 0 Å². The van der Waals surface area contributed by atoms with Crippen molar-refractivity contribution in [1.29, 1.82) is 0 Å². The Hall–Kier alpha value is -2.05. The van der Waals surface area contributed by atoms with Crippen molar-refractivity contribution in [3.63, 3.8) is 0 Å². The molecule has 1 atom stereocenters. The van der Waals surface area contributed by atoms with E-state index >= 15 is 0 Å². The molecule has 2 heterocycles. The topological polar surface area (TPSA) is 49.6 Å². The summed E-state index contributed by atoms with van der Waals surface area (Å²) in [4.78, 5) is 17.9. The summed E-state index contributed by atoms with van der Waals surface area (Å²) in [5.41, 5.74) is 9.59. The van der Waals surface area contributed by atoms with E-state index in [0.717, 1.165) is 30.2 Å². The van der Waals surface area contributed by atoms with Gasteiger partial charge in [0.2, 0.25) is 0 Å². The average Bonchev–Trinajstić information content (AvgIpc) is 3.09. The summed E-state index contributed by atoms with van der Waals surface area (Å²) in [5, 5.41) is 3.93. The first-order chi connectivity index (χ1) is 14.4. The quantitative estimate of drug-likeness (QED) is 0.505. The van der Waals surface area contributed by atoms with Crippen molar-refractivity contribution in [2.75, 3.05) is 30.3 Å². The monoisotopic (exact) mass is 459 g/mol. The summed E-state index contributed by atoms with van der Waals surface area (Å²) in [7, 11) is 0. The van der Waals surface area contributed by atoms with Crippen LogP contribution >= 0.6 is 34.5 Å². The van der Waals surface area contributed by atoms with Crippen LogP contribution in [0.2, 0.25) is 10.0 Å². The van der Waals surface area contributed by atoms with Crippen molar-refractivity contribution >= 4 is 51.0 Å². The predicted molar refractivity (Wildman–Crippen MR) is 127 cm³/mol. The number of rotatable bonds is 5. The minimum absolute atomic E-state index is 0.0479. The lowest BCUT2D eigenvalue weighted by Gasteiger charge is -2.41. The number of piperazine rings is 1. The second-order valence-electron chi connectivity index (χ2n) is 7.59. The molecule has 30 heavy (non-hydrogen) atoms. The number of nitrogens with two attached hydrogens (primary N) is 1. The Balaban J connectivity index is 1.47. The highest BCUT2D eigenvalue weighted by atomic mass is 35.5. The Bertz CT molecular complexity index is 1030. The van der Waals surface area contributed by atoms with Gasteiger partial charge in [-0.3, -0.25) is 9.69 Å². The number of anilines is 2. The number of benzene rings is 2. The minimum atomic E-state index is -0.0479. The average molecular weight is 460 g/mol. The van der Waals surface area contributed by atoms with Crippen LogP contribution in [0.3, 0.4) is 0 Å². The number of hydrogen-bond acceptors (Lipinski definition) is 5. The maximum absolute atomic E-state index is 13.1. The molecule has 0 bridgehead atoms. The first kappa shape index (κ1) is 21.2. The Morgan fingerprint density at radius 3 is 2.33 bits per heavy atom. The zero-order chi connectivity index (χ0) is 21.3. The molecule has 4 rings (SSSR count). The van der Waals surface area contributed by atoms with Crippen LogP contribution in [0.4, 0.5) is 10.7 Å². The van der Waals surface area contributed by atoms with Crippen molar-refractivity contribution in [3.05, 3.63) is 80.6 Å². The molecule has 4 nitrogen and oxygen atoms in total. The third kappa shape index (κ3) is 4.49. The molecule has 1 aliphatic rings. The molecule has 1 unspecified atom stereocenters. The molecule has 156 valence electrons. The van der Waals surface area contributed by atoms with E-state index in [9.17, 15) is 4.79 Å². The van der Waals surface area contributed by atoms with Gasteiger partial charge in [-0.2, -0.15) is 0 Å². The lowest BCUT2D eigenvalue weighted by molar-refractivity contribution is 0.103.